The van der Waals surface area contributed by atoms with Gasteiger partial charge in [0.15, 0.2) is 0 Å². The van der Waals surface area contributed by atoms with E-state index in [0.717, 1.165) is 39.7 Å². The van der Waals surface area contributed by atoms with Gasteiger partial charge in [-0.1, -0.05) is 252 Å². The van der Waals surface area contributed by atoms with Crippen LogP contribution in [0.4, 0.5) is 34.1 Å². The summed E-state index contributed by atoms with van der Waals surface area (Å²) >= 11 is 0. The van der Waals surface area contributed by atoms with Crippen molar-refractivity contribution in [3.63, 3.8) is 0 Å². The lowest BCUT2D eigenvalue weighted by Gasteiger charge is -2.28. The fourth-order valence-electron chi connectivity index (χ4n) is 13.6. The molecule has 0 amide bonds. The summed E-state index contributed by atoms with van der Waals surface area (Å²) in [5.41, 5.74) is 31.6. The lowest BCUT2D eigenvalue weighted by Crippen LogP contribution is -2.16. The first-order valence-corrected chi connectivity index (χ1v) is 30.0. The molecule has 0 aromatic heterocycles. The normalized spacial score (nSPS) is 13.1. The molecule has 2 aliphatic carbocycles. The number of hydrogen-bond donors (Lipinski definition) is 0. The Bertz CT molecular complexity index is 4630. The minimum absolute atomic E-state index is 0.0578. The van der Waals surface area contributed by atoms with E-state index >= 15 is 0 Å². The summed E-state index contributed by atoms with van der Waals surface area (Å²) in [6, 6.07) is 116. The van der Waals surface area contributed by atoms with Gasteiger partial charge < -0.3 is 9.80 Å². The predicted molar refractivity (Wildman–Crippen MR) is 364 cm³/mol. The summed E-state index contributed by atoms with van der Waals surface area (Å²) in [5, 5.41) is 0. The molecule has 410 valence electrons. The molecule has 86 heavy (non-hydrogen) atoms. The SMILES string of the molecule is CC1(C)c2ccccc2-c2ccc(-c3ccc(N(c4ccc(-c5ccccc5)cc4)c4ccc(-c5cccc(-c6cccc(-c7ccc(N(c8ccc(-c9ccccc9)cc8)c8ccc9c(c8)C(C)(C)c8ccccc8-9)cc7)c6)c5)cc4)cc3)cc21. The Kier molecular flexibility index (Phi) is 12.9. The van der Waals surface area contributed by atoms with E-state index in [-0.39, 0.29) is 10.8 Å². The molecule has 0 heterocycles. The Balaban J connectivity index is 0.713. The smallest absolute Gasteiger partial charge is 0.0465 e. The van der Waals surface area contributed by atoms with Crippen LogP contribution in [0.25, 0.3) is 89.0 Å². The van der Waals surface area contributed by atoms with Gasteiger partial charge in [0.25, 0.3) is 0 Å². The number of fused-ring (bicyclic) bond motifs is 6. The summed E-state index contributed by atoms with van der Waals surface area (Å²) in [7, 11) is 0. The molecule has 2 aliphatic rings. The highest BCUT2D eigenvalue weighted by Gasteiger charge is 2.37. The van der Waals surface area contributed by atoms with Gasteiger partial charge in [-0.05, 0) is 202 Å². The molecule has 15 rings (SSSR count). The van der Waals surface area contributed by atoms with Crippen molar-refractivity contribution >= 4 is 34.1 Å². The Morgan fingerprint density at radius 1 is 0.174 bits per heavy atom. The van der Waals surface area contributed by atoms with E-state index in [2.05, 4.69) is 353 Å². The molecule has 13 aromatic rings. The zero-order valence-corrected chi connectivity index (χ0v) is 48.9. The van der Waals surface area contributed by atoms with Gasteiger partial charge in [-0.15, -0.1) is 0 Å². The maximum Gasteiger partial charge on any atom is 0.0465 e. The molecule has 2 nitrogen and oxygen atoms in total. The number of rotatable bonds is 12. The monoisotopic (exact) mass is 1100 g/mol. The standard InChI is InChI=1S/C84H64N2/c1-83(2)79-27-13-11-25-75(79)77-51-39-68(55-81(77)83)63-37-46-71(47-38-63)85(69-40-29-59(30-41-69)57-17-7-5-8-18-57)70-44-33-61(34-45-70)64-21-15-23-66(53-64)67-24-16-22-65(54-67)62-35-48-73(49-36-62)86(72-42-31-60(32-43-72)58-19-9-6-10-20-58)74-50-52-78-76-26-12-14-28-80(76)84(3,4)82(78)56-74/h5-56H,1-4H3. The largest absolute Gasteiger partial charge is 0.311 e. The van der Waals surface area contributed by atoms with Crippen LogP contribution in [0.1, 0.15) is 49.9 Å². The summed E-state index contributed by atoms with van der Waals surface area (Å²) in [6.45, 7) is 9.41. The minimum Gasteiger partial charge on any atom is -0.311 e. The fraction of sp³-hybridized carbons (Fsp3) is 0.0714. The fourth-order valence-corrected chi connectivity index (χ4v) is 13.6. The number of nitrogens with zero attached hydrogens (tertiary/aromatic N) is 2. The molecule has 0 saturated carbocycles. The van der Waals surface area contributed by atoms with Gasteiger partial charge in [0.05, 0.1) is 0 Å². The third-order valence-electron chi connectivity index (χ3n) is 18.3. The van der Waals surface area contributed by atoms with Crippen LogP contribution in [-0.2, 0) is 10.8 Å². The summed E-state index contributed by atoms with van der Waals surface area (Å²) in [6.07, 6.45) is 0. The topological polar surface area (TPSA) is 6.48 Å². The molecule has 2 heteroatoms. The van der Waals surface area contributed by atoms with Crippen LogP contribution in [0, 0.1) is 0 Å². The van der Waals surface area contributed by atoms with Crippen LogP contribution < -0.4 is 9.80 Å². The van der Waals surface area contributed by atoms with Crippen molar-refractivity contribution in [3.05, 3.63) is 338 Å². The van der Waals surface area contributed by atoms with Gasteiger partial charge in [0, 0.05) is 45.0 Å². The predicted octanol–water partition coefficient (Wildman–Crippen LogP) is 23.2. The van der Waals surface area contributed by atoms with Gasteiger partial charge in [0.2, 0.25) is 0 Å². The molecule has 0 spiro atoms. The first-order chi connectivity index (χ1) is 42.1. The van der Waals surface area contributed by atoms with Crippen molar-refractivity contribution in [1.29, 1.82) is 0 Å². The summed E-state index contributed by atoms with van der Waals surface area (Å²) in [5.74, 6) is 0. The molecule has 13 aromatic carbocycles. The summed E-state index contributed by atoms with van der Waals surface area (Å²) < 4.78 is 0. The van der Waals surface area contributed by atoms with Crippen molar-refractivity contribution < 1.29 is 0 Å². The molecule has 0 bridgehead atoms. The van der Waals surface area contributed by atoms with Crippen molar-refractivity contribution in [1.82, 2.24) is 0 Å². The second-order valence-electron chi connectivity index (χ2n) is 24.1. The Hall–Kier alpha value is -10.5. The van der Waals surface area contributed by atoms with Crippen LogP contribution in [0.5, 0.6) is 0 Å². The van der Waals surface area contributed by atoms with Crippen LogP contribution in [0.2, 0.25) is 0 Å². The third kappa shape index (κ3) is 9.32. The van der Waals surface area contributed by atoms with E-state index in [1.807, 2.05) is 0 Å². The van der Waals surface area contributed by atoms with Gasteiger partial charge >= 0.3 is 0 Å². The minimum atomic E-state index is -0.116. The number of benzene rings is 13. The van der Waals surface area contributed by atoms with Crippen molar-refractivity contribution in [2.45, 2.75) is 38.5 Å². The average molecular weight is 1100 g/mol. The number of anilines is 6. The van der Waals surface area contributed by atoms with Crippen LogP contribution in [-0.4, -0.2) is 0 Å². The zero-order chi connectivity index (χ0) is 57.9. The Morgan fingerprint density at radius 3 is 0.814 bits per heavy atom. The lowest BCUT2D eigenvalue weighted by molar-refractivity contribution is 0.660. The van der Waals surface area contributed by atoms with Crippen LogP contribution in [0.3, 0.4) is 0 Å². The summed E-state index contributed by atoms with van der Waals surface area (Å²) in [4.78, 5) is 4.77. The molecule has 0 atom stereocenters. The Morgan fingerprint density at radius 2 is 0.419 bits per heavy atom. The van der Waals surface area contributed by atoms with E-state index in [1.54, 1.807) is 0 Å². The van der Waals surface area contributed by atoms with Crippen molar-refractivity contribution in [3.8, 4) is 89.0 Å². The molecule has 0 radical (unpaired) electrons. The quantitative estimate of drug-likeness (QED) is 0.120. The molecule has 0 saturated heterocycles. The molecule has 0 aliphatic heterocycles. The highest BCUT2D eigenvalue weighted by Crippen LogP contribution is 2.52. The van der Waals surface area contributed by atoms with Crippen LogP contribution >= 0.6 is 0 Å². The highest BCUT2D eigenvalue weighted by atomic mass is 15.1. The second-order valence-corrected chi connectivity index (χ2v) is 24.1. The first kappa shape index (κ1) is 52.3. The molecular formula is C84H64N2. The highest BCUT2D eigenvalue weighted by molar-refractivity contribution is 5.89. The van der Waals surface area contributed by atoms with Crippen LogP contribution in [0.15, 0.2) is 315 Å². The van der Waals surface area contributed by atoms with Gasteiger partial charge in [-0.3, -0.25) is 0 Å². The first-order valence-electron chi connectivity index (χ1n) is 30.0. The maximum absolute atomic E-state index is 2.41. The Labute approximate surface area is 506 Å². The number of hydrogen-bond acceptors (Lipinski definition) is 2. The van der Waals surface area contributed by atoms with E-state index < -0.39 is 0 Å². The second kappa shape index (κ2) is 21.3. The van der Waals surface area contributed by atoms with E-state index in [0.29, 0.717) is 0 Å². The van der Waals surface area contributed by atoms with E-state index in [4.69, 9.17) is 0 Å². The molecule has 0 fully saturated rings. The van der Waals surface area contributed by atoms with Crippen molar-refractivity contribution in [2.24, 2.45) is 0 Å². The zero-order valence-electron chi connectivity index (χ0n) is 48.9. The average Bonchev–Trinajstić information content (AvgIpc) is 1.81. The van der Waals surface area contributed by atoms with E-state index in [1.165, 1.54) is 106 Å². The maximum atomic E-state index is 2.41. The van der Waals surface area contributed by atoms with Gasteiger partial charge in [-0.25, -0.2) is 0 Å². The third-order valence-corrected chi connectivity index (χ3v) is 18.3. The molecular weight excluding hydrogens is 1040 g/mol. The molecule has 0 N–H and O–H groups in total. The van der Waals surface area contributed by atoms with E-state index in [9.17, 15) is 0 Å². The van der Waals surface area contributed by atoms with Gasteiger partial charge in [-0.2, -0.15) is 0 Å². The lowest BCUT2D eigenvalue weighted by atomic mass is 9.81. The van der Waals surface area contributed by atoms with Crippen molar-refractivity contribution in [2.75, 3.05) is 9.80 Å². The van der Waals surface area contributed by atoms with Gasteiger partial charge in [0.1, 0.15) is 0 Å². The molecule has 0 unspecified atom stereocenters.